The van der Waals surface area contributed by atoms with Crippen molar-refractivity contribution in [3.05, 3.63) is 57.7 Å². The smallest absolute Gasteiger partial charge is 0.307 e. The van der Waals surface area contributed by atoms with Crippen LogP contribution in [-0.4, -0.2) is 18.6 Å². The predicted molar refractivity (Wildman–Crippen MR) is 118 cm³/mol. The number of fused-ring (bicyclic) bond motifs is 2. The Morgan fingerprint density at radius 2 is 1.90 bits per heavy atom. The minimum absolute atomic E-state index is 0.106. The zero-order valence-electron chi connectivity index (χ0n) is 16.8. The molecule has 2 aromatic carbocycles. The summed E-state index contributed by atoms with van der Waals surface area (Å²) < 4.78 is 38.1. The summed E-state index contributed by atoms with van der Waals surface area (Å²) in [7, 11) is -2.07. The largest absolute Gasteiger partial charge is 0.487 e. The van der Waals surface area contributed by atoms with Crippen LogP contribution in [0.3, 0.4) is 0 Å². The summed E-state index contributed by atoms with van der Waals surface area (Å²) in [5.74, 6) is 0.773. The van der Waals surface area contributed by atoms with Gasteiger partial charge in [-0.3, -0.25) is 4.79 Å². The molecule has 0 unspecified atom stereocenters. The van der Waals surface area contributed by atoms with Crippen molar-refractivity contribution >= 4 is 31.6 Å². The van der Waals surface area contributed by atoms with E-state index in [1.807, 2.05) is 24.3 Å². The first kappa shape index (κ1) is 19.8. The number of aromatic nitrogens is 1. The number of nitrogens with zero attached hydrogens (tertiary/aromatic N) is 1. The molecule has 1 saturated carbocycles. The topological polar surface area (TPSA) is 77.4 Å². The molecule has 1 fully saturated rings. The van der Waals surface area contributed by atoms with E-state index in [0.29, 0.717) is 11.1 Å². The zero-order valence-corrected chi connectivity index (χ0v) is 18.4. The van der Waals surface area contributed by atoms with Crippen molar-refractivity contribution in [1.82, 2.24) is 9.29 Å². The maximum atomic E-state index is 13.3. The molecule has 158 valence electrons. The lowest BCUT2D eigenvalue weighted by molar-refractivity contribution is 0.0000755. The number of benzene rings is 2. The number of hydrogen-bond donors (Lipinski definition) is 1. The highest BCUT2D eigenvalue weighted by Gasteiger charge is 2.42. The summed E-state index contributed by atoms with van der Waals surface area (Å²) in [6.07, 6.45) is 5.93. The lowest BCUT2D eigenvalue weighted by Gasteiger charge is -2.44. The number of thiazole rings is 1. The summed E-state index contributed by atoms with van der Waals surface area (Å²) in [4.78, 5) is 12.0. The normalized spacial score (nSPS) is 20.8. The van der Waals surface area contributed by atoms with Crippen LogP contribution in [-0.2, 0) is 17.1 Å². The van der Waals surface area contributed by atoms with Crippen LogP contribution in [0.1, 0.15) is 50.1 Å². The number of sulfonamides is 1. The Bertz CT molecular complexity index is 1270. The third kappa shape index (κ3) is 3.36. The first-order chi connectivity index (χ1) is 14.4. The van der Waals surface area contributed by atoms with E-state index < -0.39 is 10.0 Å². The first-order valence-corrected chi connectivity index (χ1v) is 12.6. The third-order valence-electron chi connectivity index (χ3n) is 6.33. The van der Waals surface area contributed by atoms with Crippen molar-refractivity contribution in [2.75, 3.05) is 0 Å². The quantitative estimate of drug-likeness (QED) is 0.660. The molecule has 6 nitrogen and oxygen atoms in total. The molecule has 0 amide bonds. The second kappa shape index (κ2) is 7.21. The van der Waals surface area contributed by atoms with E-state index in [-0.39, 0.29) is 21.4 Å². The van der Waals surface area contributed by atoms with Gasteiger partial charge in [0.2, 0.25) is 10.0 Å². The number of ether oxygens (including phenoxy) is 1. The average Bonchev–Trinajstić information content (AvgIpc) is 3.01. The average molecular weight is 445 g/mol. The van der Waals surface area contributed by atoms with Crippen molar-refractivity contribution in [2.24, 2.45) is 7.05 Å². The van der Waals surface area contributed by atoms with Crippen molar-refractivity contribution < 1.29 is 13.2 Å². The Hall–Kier alpha value is -2.16. The number of rotatable bonds is 3. The fraction of sp³-hybridized carbons (Fsp3) is 0.409. The van der Waals surface area contributed by atoms with Gasteiger partial charge in [-0.15, -0.1) is 0 Å². The van der Waals surface area contributed by atoms with Crippen LogP contribution in [0, 0.1) is 0 Å². The minimum Gasteiger partial charge on any atom is -0.487 e. The number of aryl methyl sites for hydroxylation is 1. The van der Waals surface area contributed by atoms with E-state index in [9.17, 15) is 13.2 Å². The van der Waals surface area contributed by atoms with Crippen LogP contribution in [0.15, 0.2) is 52.2 Å². The molecule has 8 heteroatoms. The van der Waals surface area contributed by atoms with Gasteiger partial charge in [-0.25, -0.2) is 13.1 Å². The van der Waals surface area contributed by atoms with E-state index in [1.165, 1.54) is 11.0 Å². The molecule has 1 atom stereocenters. The molecule has 2 aliphatic rings. The maximum Gasteiger partial charge on any atom is 0.307 e. The highest BCUT2D eigenvalue weighted by Crippen LogP contribution is 2.46. The summed E-state index contributed by atoms with van der Waals surface area (Å²) >= 11 is 1.06. The van der Waals surface area contributed by atoms with Crippen LogP contribution in [0.5, 0.6) is 5.75 Å². The fourth-order valence-corrected chi connectivity index (χ4v) is 7.00. The van der Waals surface area contributed by atoms with Crippen LogP contribution < -0.4 is 14.3 Å². The summed E-state index contributed by atoms with van der Waals surface area (Å²) in [5, 5.41) is 0. The Morgan fingerprint density at radius 3 is 2.70 bits per heavy atom. The Kier molecular flexibility index (Phi) is 4.76. The number of nitrogens with one attached hydrogen (secondary N) is 1. The van der Waals surface area contributed by atoms with Crippen LogP contribution in [0.4, 0.5) is 0 Å². The third-order valence-corrected chi connectivity index (χ3v) is 8.80. The summed E-state index contributed by atoms with van der Waals surface area (Å²) in [6, 6.07) is 12.2. The number of hydrogen-bond acceptors (Lipinski definition) is 5. The zero-order chi connectivity index (χ0) is 20.9. The van der Waals surface area contributed by atoms with E-state index in [1.54, 1.807) is 25.2 Å². The van der Waals surface area contributed by atoms with Gasteiger partial charge < -0.3 is 9.30 Å². The monoisotopic (exact) mass is 444 g/mol. The summed E-state index contributed by atoms with van der Waals surface area (Å²) in [6.45, 7) is 0. The molecule has 0 bridgehead atoms. The van der Waals surface area contributed by atoms with Crippen LogP contribution >= 0.6 is 11.3 Å². The summed E-state index contributed by atoms with van der Waals surface area (Å²) in [5.41, 5.74) is 1.31. The van der Waals surface area contributed by atoms with E-state index in [4.69, 9.17) is 4.74 Å². The van der Waals surface area contributed by atoms with Gasteiger partial charge >= 0.3 is 4.87 Å². The van der Waals surface area contributed by atoms with Gasteiger partial charge in [0, 0.05) is 19.0 Å². The molecule has 3 aromatic rings. The molecule has 1 N–H and O–H groups in total. The standard InChI is InChI=1S/C22H24N2O4S2/c1-24-18-10-9-15(13-20(18)29-21(24)25)30(26,27)23-17-14-22(11-5-2-6-12-22)28-19-8-4-3-7-16(17)19/h3-4,7-10,13,17,23H,2,5-6,11-12,14H2,1H3/t17-/m0/s1. The first-order valence-electron chi connectivity index (χ1n) is 10.3. The van der Waals surface area contributed by atoms with E-state index in [0.717, 1.165) is 53.8 Å². The highest BCUT2D eigenvalue weighted by atomic mass is 32.2. The molecule has 1 aromatic heterocycles. The van der Waals surface area contributed by atoms with Crippen molar-refractivity contribution in [3.63, 3.8) is 0 Å². The van der Waals surface area contributed by atoms with Crippen molar-refractivity contribution in [1.29, 1.82) is 0 Å². The molecule has 1 aliphatic carbocycles. The highest BCUT2D eigenvalue weighted by molar-refractivity contribution is 7.89. The number of para-hydroxylation sites is 1. The molecule has 0 radical (unpaired) electrons. The fourth-order valence-electron chi connectivity index (χ4n) is 4.76. The maximum absolute atomic E-state index is 13.3. The second-order valence-corrected chi connectivity index (χ2v) is 11.0. The molecule has 2 heterocycles. The molecule has 1 aliphatic heterocycles. The molecular weight excluding hydrogens is 420 g/mol. The van der Waals surface area contributed by atoms with Crippen molar-refractivity contribution in [2.45, 2.75) is 55.1 Å². The SMILES string of the molecule is Cn1c(=O)sc2cc(S(=O)(=O)N[C@H]3CC4(CCCCC4)Oc4ccccc43)ccc21. The van der Waals surface area contributed by atoms with Gasteiger partial charge in [0.05, 0.1) is 21.2 Å². The molecule has 1 spiro atoms. The Labute approximate surface area is 179 Å². The molecular formula is C22H24N2O4S2. The predicted octanol–water partition coefficient (Wildman–Crippen LogP) is 4.11. The van der Waals surface area contributed by atoms with E-state index in [2.05, 4.69) is 4.72 Å². The second-order valence-electron chi connectivity index (χ2n) is 8.32. The molecule has 5 rings (SSSR count). The van der Waals surface area contributed by atoms with Gasteiger partial charge in [0.25, 0.3) is 0 Å². The van der Waals surface area contributed by atoms with Gasteiger partial charge in [0.15, 0.2) is 0 Å². The molecule has 30 heavy (non-hydrogen) atoms. The molecule has 0 saturated heterocycles. The van der Waals surface area contributed by atoms with Crippen LogP contribution in [0.25, 0.3) is 10.2 Å². The van der Waals surface area contributed by atoms with E-state index >= 15 is 0 Å². The van der Waals surface area contributed by atoms with Gasteiger partial charge in [-0.05, 0) is 49.9 Å². The Morgan fingerprint density at radius 1 is 1.13 bits per heavy atom. The van der Waals surface area contributed by atoms with Gasteiger partial charge in [0.1, 0.15) is 11.4 Å². The lowest BCUT2D eigenvalue weighted by Crippen LogP contribution is -2.46. The Balaban J connectivity index is 1.51. The van der Waals surface area contributed by atoms with Gasteiger partial charge in [-0.2, -0.15) is 0 Å². The lowest BCUT2D eigenvalue weighted by atomic mass is 9.77. The minimum atomic E-state index is -3.76. The van der Waals surface area contributed by atoms with Gasteiger partial charge in [-0.1, -0.05) is 36.0 Å². The van der Waals surface area contributed by atoms with Crippen LogP contribution in [0.2, 0.25) is 0 Å². The van der Waals surface area contributed by atoms with Crippen molar-refractivity contribution in [3.8, 4) is 5.75 Å².